The van der Waals surface area contributed by atoms with Crippen molar-refractivity contribution in [3.8, 4) is 0 Å². The molecule has 1 N–H and O–H groups in total. The molecule has 5 nitrogen and oxygen atoms in total. The van der Waals surface area contributed by atoms with Crippen LogP contribution in [0.4, 0.5) is 5.69 Å². The number of ketones is 1. The Bertz CT molecular complexity index is 1190. The van der Waals surface area contributed by atoms with Crippen LogP contribution in [0.2, 0.25) is 4.34 Å². The molecule has 0 spiro atoms. The van der Waals surface area contributed by atoms with Crippen LogP contribution in [0, 0.1) is 5.92 Å². The van der Waals surface area contributed by atoms with Gasteiger partial charge in [-0.15, -0.1) is 11.3 Å². The minimum atomic E-state index is -0.602. The summed E-state index contributed by atoms with van der Waals surface area (Å²) in [5.41, 5.74) is 1.73. The number of benzene rings is 2. The molecule has 0 aliphatic carbocycles. The van der Waals surface area contributed by atoms with Crippen molar-refractivity contribution in [3.63, 3.8) is 0 Å². The Morgan fingerprint density at radius 2 is 1.80 bits per heavy atom. The number of anilines is 1. The first-order valence-electron chi connectivity index (χ1n) is 12.1. The molecule has 0 amide bonds. The second-order valence-corrected chi connectivity index (χ2v) is 11.5. The fraction of sp³-hybridized carbons (Fsp3) is 0.357. The number of halogens is 1. The second kappa shape index (κ2) is 10.1. The van der Waals surface area contributed by atoms with Crippen molar-refractivity contribution in [2.45, 2.75) is 38.0 Å². The molecule has 5 unspecified atom stereocenters. The topological polar surface area (TPSA) is 55.4 Å². The number of ether oxygens (including phenoxy) is 1. The molecule has 7 heteroatoms. The first kappa shape index (κ1) is 24.0. The van der Waals surface area contributed by atoms with E-state index < -0.39 is 6.04 Å². The van der Waals surface area contributed by atoms with E-state index in [-0.39, 0.29) is 17.9 Å². The van der Waals surface area contributed by atoms with Crippen LogP contribution in [0.15, 0.2) is 72.8 Å². The van der Waals surface area contributed by atoms with Crippen molar-refractivity contribution in [2.75, 3.05) is 25.0 Å². The van der Waals surface area contributed by atoms with Gasteiger partial charge in [0.15, 0.2) is 12.1 Å². The summed E-state index contributed by atoms with van der Waals surface area (Å²) < 4.78 is 7.53. The Kier molecular flexibility index (Phi) is 6.96. The van der Waals surface area contributed by atoms with Gasteiger partial charge in [-0.1, -0.05) is 60.1 Å². The monoisotopic (exact) mass is 509 g/mol. The fourth-order valence-corrected chi connectivity index (χ4v) is 6.62. The van der Waals surface area contributed by atoms with Gasteiger partial charge in [-0.2, -0.15) is 0 Å². The normalized spacial score (nSPS) is 26.2. The summed E-state index contributed by atoms with van der Waals surface area (Å²) >= 11 is 7.40. The van der Waals surface area contributed by atoms with Gasteiger partial charge in [0.1, 0.15) is 13.1 Å². The minimum absolute atomic E-state index is 0.118. The zero-order chi connectivity index (χ0) is 24.4. The molecule has 182 valence electrons. The van der Waals surface area contributed by atoms with Crippen LogP contribution in [-0.4, -0.2) is 48.0 Å². The maximum absolute atomic E-state index is 13.6. The van der Waals surface area contributed by atoms with Crippen molar-refractivity contribution in [3.05, 3.63) is 87.6 Å². The van der Waals surface area contributed by atoms with Gasteiger partial charge in [0, 0.05) is 24.4 Å². The summed E-state index contributed by atoms with van der Waals surface area (Å²) in [5.74, 6) is 0.168. The molecule has 4 heterocycles. The summed E-state index contributed by atoms with van der Waals surface area (Å²) in [6.45, 7) is 4.26. The zero-order valence-corrected chi connectivity index (χ0v) is 21.3. The Morgan fingerprint density at radius 3 is 2.46 bits per heavy atom. The second-order valence-electron chi connectivity index (χ2n) is 9.77. The van der Waals surface area contributed by atoms with Crippen LogP contribution >= 0.6 is 22.9 Å². The number of para-hydroxylation sites is 1. The summed E-state index contributed by atoms with van der Waals surface area (Å²) in [5, 5.41) is 3.36. The lowest BCUT2D eigenvalue weighted by Crippen LogP contribution is -2.69. The Hall–Kier alpha value is -2.67. The highest BCUT2D eigenvalue weighted by Gasteiger charge is 2.53. The molecular weight excluding hydrogens is 480 g/mol. The standard InChI is InChI=1S/C28H30ClN2O3S/c1-19-16-21-14-15-31(19,17-23(32)25-12-13-26(29)35-25)18-24(21)34-28(33)27(20-8-4-2-5-9-20)30-22-10-6-3-7-11-22/h2-13,19,21,24,27,30H,14-18H2,1H3/q+1. The fourth-order valence-electron chi connectivity index (χ4n) is 5.64. The average molecular weight is 510 g/mol. The molecule has 3 fully saturated rings. The van der Waals surface area contributed by atoms with Crippen LogP contribution in [0.5, 0.6) is 0 Å². The van der Waals surface area contributed by atoms with Crippen LogP contribution in [0.1, 0.15) is 41.0 Å². The average Bonchev–Trinajstić information content (AvgIpc) is 3.31. The van der Waals surface area contributed by atoms with Crippen molar-refractivity contribution >= 4 is 40.4 Å². The number of quaternary nitrogens is 1. The Balaban J connectivity index is 1.33. The number of Topliss-reactive ketones (excluding diaryl/α,β-unsaturated/α-hetero) is 1. The highest BCUT2D eigenvalue weighted by atomic mass is 35.5. The summed E-state index contributed by atoms with van der Waals surface area (Å²) in [6, 6.07) is 22.8. The van der Waals surface area contributed by atoms with E-state index in [0.717, 1.165) is 30.6 Å². The molecule has 3 aromatic rings. The number of nitrogens with one attached hydrogen (secondary N) is 1. The molecule has 3 aliphatic rings. The predicted molar refractivity (Wildman–Crippen MR) is 140 cm³/mol. The molecule has 2 bridgehead atoms. The van der Waals surface area contributed by atoms with Gasteiger partial charge in [0.25, 0.3) is 0 Å². The Labute approximate surface area is 215 Å². The van der Waals surface area contributed by atoms with Crippen molar-refractivity contribution in [1.29, 1.82) is 0 Å². The number of nitrogens with zero attached hydrogens (tertiary/aromatic N) is 1. The van der Waals surface area contributed by atoms with Gasteiger partial charge < -0.3 is 14.5 Å². The maximum Gasteiger partial charge on any atom is 0.333 e. The number of hydrogen-bond donors (Lipinski definition) is 1. The van der Waals surface area contributed by atoms with Crippen molar-refractivity contribution < 1.29 is 18.8 Å². The lowest BCUT2D eigenvalue weighted by atomic mass is 9.78. The third-order valence-electron chi connectivity index (χ3n) is 7.62. The van der Waals surface area contributed by atoms with E-state index in [2.05, 4.69) is 12.2 Å². The molecule has 6 rings (SSSR count). The molecule has 1 aromatic heterocycles. The lowest BCUT2D eigenvalue weighted by Gasteiger charge is -2.55. The number of rotatable bonds is 8. The molecule has 3 saturated heterocycles. The van der Waals surface area contributed by atoms with Gasteiger partial charge in [-0.25, -0.2) is 4.79 Å². The molecule has 2 aromatic carbocycles. The van der Waals surface area contributed by atoms with Crippen LogP contribution in [0.3, 0.4) is 0 Å². The summed E-state index contributed by atoms with van der Waals surface area (Å²) in [7, 11) is 0. The molecule has 3 aliphatic heterocycles. The Morgan fingerprint density at radius 1 is 1.09 bits per heavy atom. The van der Waals surface area contributed by atoms with Crippen LogP contribution in [-0.2, 0) is 9.53 Å². The van der Waals surface area contributed by atoms with Crippen LogP contribution in [0.25, 0.3) is 0 Å². The number of piperidine rings is 3. The highest BCUT2D eigenvalue weighted by Crippen LogP contribution is 2.41. The van der Waals surface area contributed by atoms with E-state index in [0.29, 0.717) is 38.7 Å². The summed E-state index contributed by atoms with van der Waals surface area (Å²) in [6.07, 6.45) is 1.72. The lowest BCUT2D eigenvalue weighted by molar-refractivity contribution is -0.960. The first-order valence-corrected chi connectivity index (χ1v) is 13.3. The number of esters is 1. The highest BCUT2D eigenvalue weighted by molar-refractivity contribution is 7.18. The number of carbonyl (C=O) groups excluding carboxylic acids is 2. The number of hydrogen-bond acceptors (Lipinski definition) is 5. The number of carbonyl (C=O) groups is 2. The van der Waals surface area contributed by atoms with Crippen LogP contribution < -0.4 is 5.32 Å². The quantitative estimate of drug-likeness (QED) is 0.230. The predicted octanol–water partition coefficient (Wildman–Crippen LogP) is 5.98. The van der Waals surface area contributed by atoms with Gasteiger partial charge in [-0.3, -0.25) is 4.79 Å². The van der Waals surface area contributed by atoms with Crippen molar-refractivity contribution in [1.82, 2.24) is 0 Å². The van der Waals surface area contributed by atoms with E-state index in [1.807, 2.05) is 66.7 Å². The zero-order valence-electron chi connectivity index (χ0n) is 19.7. The van der Waals surface area contributed by atoms with E-state index in [4.69, 9.17) is 16.3 Å². The van der Waals surface area contributed by atoms with Crippen molar-refractivity contribution in [2.24, 2.45) is 5.92 Å². The van der Waals surface area contributed by atoms with Gasteiger partial charge in [0.2, 0.25) is 5.78 Å². The van der Waals surface area contributed by atoms with E-state index >= 15 is 0 Å². The molecular formula is C28H30ClN2O3S+. The molecule has 0 saturated carbocycles. The van der Waals surface area contributed by atoms with E-state index in [1.165, 1.54) is 11.3 Å². The maximum atomic E-state index is 13.6. The SMILES string of the molecule is CC1CC2CC[N+]1(CC(=O)c1ccc(Cl)s1)CC2OC(=O)C(Nc1ccccc1)c1ccccc1. The van der Waals surface area contributed by atoms with E-state index in [1.54, 1.807) is 6.07 Å². The molecule has 35 heavy (non-hydrogen) atoms. The first-order chi connectivity index (χ1) is 16.9. The number of thiophene rings is 1. The third-order valence-corrected chi connectivity index (χ3v) is 8.89. The van der Waals surface area contributed by atoms with E-state index in [9.17, 15) is 9.59 Å². The minimum Gasteiger partial charge on any atom is -0.454 e. The largest absolute Gasteiger partial charge is 0.454 e. The van der Waals surface area contributed by atoms with Gasteiger partial charge >= 0.3 is 5.97 Å². The molecule has 0 radical (unpaired) electrons. The summed E-state index contributed by atoms with van der Waals surface area (Å²) in [4.78, 5) is 27.4. The van der Waals surface area contributed by atoms with Gasteiger partial charge in [0.05, 0.1) is 21.8 Å². The molecule has 5 atom stereocenters. The third kappa shape index (κ3) is 5.15. The van der Waals surface area contributed by atoms with Gasteiger partial charge in [-0.05, 0) is 36.8 Å². The number of fused-ring (bicyclic) bond motifs is 3. The smallest absolute Gasteiger partial charge is 0.333 e.